The number of hydrogen-bond donors (Lipinski definition) is 2. The van der Waals surface area contributed by atoms with Crippen molar-refractivity contribution in [3.05, 3.63) is 12.2 Å². The Hall–Kier alpha value is -1.36. The quantitative estimate of drug-likeness (QED) is 0.476. The van der Waals surface area contributed by atoms with Crippen LogP contribution in [0.3, 0.4) is 0 Å². The predicted octanol–water partition coefficient (Wildman–Crippen LogP) is 0.298. The minimum Gasteiger partial charge on any atom is -0.480 e. The van der Waals surface area contributed by atoms with Gasteiger partial charge in [-0.25, -0.2) is 4.79 Å². The summed E-state index contributed by atoms with van der Waals surface area (Å²) in [6, 6.07) is -0.873. The normalized spacial score (nSPS) is 12.7. The van der Waals surface area contributed by atoms with E-state index in [1.807, 2.05) is 0 Å². The third-order valence-electron chi connectivity index (χ3n) is 1.50. The van der Waals surface area contributed by atoms with E-state index in [2.05, 4.69) is 4.74 Å². The molecule has 3 N–H and O–H groups in total. The van der Waals surface area contributed by atoms with E-state index in [0.717, 1.165) is 0 Å². The second-order valence-electron chi connectivity index (χ2n) is 2.68. The van der Waals surface area contributed by atoms with Gasteiger partial charge in [-0.05, 0) is 19.8 Å². The molecule has 0 aliphatic heterocycles. The van der Waals surface area contributed by atoms with E-state index in [9.17, 15) is 9.59 Å². The molecule has 0 fully saturated rings. The molecule has 1 unspecified atom stereocenters. The van der Waals surface area contributed by atoms with Crippen LogP contribution >= 0.6 is 0 Å². The highest BCUT2D eigenvalue weighted by molar-refractivity contribution is 5.81. The average Bonchev–Trinajstić information content (AvgIpc) is 2.12. The number of hydrogen-bond acceptors (Lipinski definition) is 4. The molecule has 0 rings (SSSR count). The highest BCUT2D eigenvalue weighted by Gasteiger charge is 2.08. The highest BCUT2D eigenvalue weighted by atomic mass is 16.5. The third kappa shape index (κ3) is 6.19. The molecule has 0 aliphatic rings. The zero-order chi connectivity index (χ0) is 11.0. The number of carboxylic acids is 1. The monoisotopic (exact) mass is 201 g/mol. The van der Waals surface area contributed by atoms with Crippen molar-refractivity contribution >= 4 is 11.9 Å². The molecule has 14 heavy (non-hydrogen) atoms. The van der Waals surface area contributed by atoms with Crippen LogP contribution in [-0.2, 0) is 14.3 Å². The van der Waals surface area contributed by atoms with Crippen molar-refractivity contribution < 1.29 is 19.4 Å². The molecule has 0 aromatic rings. The third-order valence-corrected chi connectivity index (χ3v) is 1.50. The topological polar surface area (TPSA) is 89.6 Å². The van der Waals surface area contributed by atoms with Gasteiger partial charge in [0.1, 0.15) is 6.04 Å². The van der Waals surface area contributed by atoms with E-state index >= 15 is 0 Å². The minimum absolute atomic E-state index is 0.311. The standard InChI is InChI=1S/C9H15NO4/c1-2-14-8(11)6-4-3-5-7(10)9(12)13/h4,6-7H,2-3,5,10H2,1H3,(H,12,13). The van der Waals surface area contributed by atoms with Crippen molar-refractivity contribution in [3.63, 3.8) is 0 Å². The van der Waals surface area contributed by atoms with Gasteiger partial charge in [0.05, 0.1) is 6.61 Å². The largest absolute Gasteiger partial charge is 0.480 e. The van der Waals surface area contributed by atoms with Crippen molar-refractivity contribution in [3.8, 4) is 0 Å². The second-order valence-corrected chi connectivity index (χ2v) is 2.68. The molecule has 0 aromatic heterocycles. The number of ether oxygens (including phenoxy) is 1. The Labute approximate surface area is 82.5 Å². The van der Waals surface area contributed by atoms with Gasteiger partial charge < -0.3 is 15.6 Å². The molecule has 5 nitrogen and oxygen atoms in total. The molecule has 0 heterocycles. The Morgan fingerprint density at radius 1 is 1.57 bits per heavy atom. The summed E-state index contributed by atoms with van der Waals surface area (Å²) in [5, 5.41) is 8.43. The summed E-state index contributed by atoms with van der Waals surface area (Å²) in [6.07, 6.45) is 3.59. The first-order valence-corrected chi connectivity index (χ1v) is 4.39. The molecule has 0 aliphatic carbocycles. The lowest BCUT2D eigenvalue weighted by Crippen LogP contribution is -2.29. The lowest BCUT2D eigenvalue weighted by atomic mass is 10.1. The zero-order valence-corrected chi connectivity index (χ0v) is 8.10. The smallest absolute Gasteiger partial charge is 0.330 e. The van der Waals surface area contributed by atoms with Crippen molar-refractivity contribution in [1.29, 1.82) is 0 Å². The summed E-state index contributed by atoms with van der Waals surface area (Å²) in [5.74, 6) is -1.45. The van der Waals surface area contributed by atoms with Gasteiger partial charge in [-0.15, -0.1) is 0 Å². The van der Waals surface area contributed by atoms with Gasteiger partial charge in [-0.2, -0.15) is 0 Å². The fraction of sp³-hybridized carbons (Fsp3) is 0.556. The van der Waals surface area contributed by atoms with E-state index in [1.165, 1.54) is 6.08 Å². The van der Waals surface area contributed by atoms with Crippen LogP contribution < -0.4 is 5.73 Å². The molecule has 0 radical (unpaired) electrons. The SMILES string of the molecule is CCOC(=O)C=CCCC(N)C(=O)O. The Kier molecular flexibility index (Phi) is 6.39. The number of carboxylic acid groups (broad SMARTS) is 1. The Morgan fingerprint density at radius 2 is 2.21 bits per heavy atom. The number of carbonyl (C=O) groups is 2. The molecule has 80 valence electrons. The highest BCUT2D eigenvalue weighted by Crippen LogP contribution is 1.96. The number of aliphatic carboxylic acids is 1. The average molecular weight is 201 g/mol. The first kappa shape index (κ1) is 12.6. The fourth-order valence-electron chi connectivity index (χ4n) is 0.769. The van der Waals surface area contributed by atoms with E-state index in [-0.39, 0.29) is 0 Å². The van der Waals surface area contributed by atoms with Crippen LogP contribution in [0.25, 0.3) is 0 Å². The van der Waals surface area contributed by atoms with Gasteiger partial charge in [0.15, 0.2) is 0 Å². The van der Waals surface area contributed by atoms with Gasteiger partial charge in [-0.1, -0.05) is 6.08 Å². The predicted molar refractivity (Wildman–Crippen MR) is 50.6 cm³/mol. The molecule has 0 saturated carbocycles. The number of carbonyl (C=O) groups excluding carboxylic acids is 1. The molecule has 0 amide bonds. The van der Waals surface area contributed by atoms with E-state index in [4.69, 9.17) is 10.8 Å². The van der Waals surface area contributed by atoms with Gasteiger partial charge in [0, 0.05) is 6.08 Å². The number of allylic oxidation sites excluding steroid dienone is 1. The van der Waals surface area contributed by atoms with E-state index < -0.39 is 18.0 Å². The molecular formula is C9H15NO4. The summed E-state index contributed by atoms with van der Waals surface area (Å²) in [6.45, 7) is 2.05. The molecule has 0 spiro atoms. The summed E-state index contributed by atoms with van der Waals surface area (Å²) in [5.41, 5.74) is 5.24. The number of rotatable bonds is 6. The van der Waals surface area contributed by atoms with Gasteiger partial charge >= 0.3 is 11.9 Å². The lowest BCUT2D eigenvalue weighted by Gasteiger charge is -2.02. The maximum absolute atomic E-state index is 10.8. The van der Waals surface area contributed by atoms with Crippen molar-refractivity contribution in [2.75, 3.05) is 6.61 Å². The van der Waals surface area contributed by atoms with Crippen molar-refractivity contribution in [2.24, 2.45) is 5.73 Å². The minimum atomic E-state index is -1.03. The number of esters is 1. The van der Waals surface area contributed by atoms with Crippen molar-refractivity contribution in [1.82, 2.24) is 0 Å². The molecule has 0 aromatic carbocycles. The zero-order valence-electron chi connectivity index (χ0n) is 8.10. The summed E-state index contributed by atoms with van der Waals surface area (Å²) in [4.78, 5) is 21.1. The molecular weight excluding hydrogens is 186 g/mol. The summed E-state index contributed by atoms with van der Waals surface area (Å²) >= 11 is 0. The van der Waals surface area contributed by atoms with Crippen LogP contribution in [0.2, 0.25) is 0 Å². The van der Waals surface area contributed by atoms with Gasteiger partial charge in [-0.3, -0.25) is 4.79 Å². The lowest BCUT2D eigenvalue weighted by molar-refractivity contribution is -0.139. The van der Waals surface area contributed by atoms with Crippen LogP contribution in [0.15, 0.2) is 12.2 Å². The van der Waals surface area contributed by atoms with Crippen LogP contribution in [0, 0.1) is 0 Å². The first-order valence-electron chi connectivity index (χ1n) is 4.39. The van der Waals surface area contributed by atoms with Crippen LogP contribution in [0.4, 0.5) is 0 Å². The summed E-state index contributed by atoms with van der Waals surface area (Å²) < 4.78 is 4.62. The second kappa shape index (κ2) is 7.08. The molecule has 0 bridgehead atoms. The molecule has 0 saturated heterocycles. The van der Waals surface area contributed by atoms with Gasteiger partial charge in [0.2, 0.25) is 0 Å². The fourth-order valence-corrected chi connectivity index (χ4v) is 0.769. The Balaban J connectivity index is 3.63. The maximum atomic E-state index is 10.8. The maximum Gasteiger partial charge on any atom is 0.330 e. The molecule has 5 heteroatoms. The Morgan fingerprint density at radius 3 is 2.71 bits per heavy atom. The Bertz CT molecular complexity index is 225. The van der Waals surface area contributed by atoms with Crippen LogP contribution in [0.5, 0.6) is 0 Å². The molecule has 1 atom stereocenters. The van der Waals surface area contributed by atoms with E-state index in [0.29, 0.717) is 19.4 Å². The van der Waals surface area contributed by atoms with Gasteiger partial charge in [0.25, 0.3) is 0 Å². The first-order chi connectivity index (χ1) is 6.57. The van der Waals surface area contributed by atoms with Crippen LogP contribution in [-0.4, -0.2) is 29.7 Å². The van der Waals surface area contributed by atoms with E-state index in [1.54, 1.807) is 13.0 Å². The summed E-state index contributed by atoms with van der Waals surface area (Å²) in [7, 11) is 0. The van der Waals surface area contributed by atoms with Crippen molar-refractivity contribution in [2.45, 2.75) is 25.8 Å². The van der Waals surface area contributed by atoms with Crippen LogP contribution in [0.1, 0.15) is 19.8 Å². The number of nitrogens with two attached hydrogens (primary N) is 1.